The average molecular weight is 567 g/mol. The lowest BCUT2D eigenvalue weighted by Crippen LogP contribution is -2.18. The molecule has 0 radical (unpaired) electrons. The fraction of sp³-hybridized carbons (Fsp3) is 0.944. The van der Waals surface area contributed by atoms with E-state index in [9.17, 15) is 9.59 Å². The van der Waals surface area contributed by atoms with Crippen LogP contribution in [0.4, 0.5) is 0 Å². The van der Waals surface area contributed by atoms with Gasteiger partial charge in [-0.05, 0) is 50.9 Å². The Hall–Kier alpha value is -1.06. The molecular formula is C36H70O4. The highest BCUT2D eigenvalue weighted by Gasteiger charge is 2.14. The van der Waals surface area contributed by atoms with Gasteiger partial charge in [-0.3, -0.25) is 9.59 Å². The molecule has 0 amide bonds. The predicted molar refractivity (Wildman–Crippen MR) is 172 cm³/mol. The van der Waals surface area contributed by atoms with Crippen molar-refractivity contribution in [3.8, 4) is 0 Å². The quantitative estimate of drug-likeness (QED) is 0.0618. The molecule has 4 heteroatoms. The van der Waals surface area contributed by atoms with Gasteiger partial charge in [-0.15, -0.1) is 0 Å². The summed E-state index contributed by atoms with van der Waals surface area (Å²) in [5.41, 5.74) is 0. The summed E-state index contributed by atoms with van der Waals surface area (Å²) in [6, 6.07) is 0. The SMILES string of the molecule is CCCCCCCCCC(=O)OC(CCCCCCCCC)CCCCCCCC(=O)OCC(CC)CCCC. The Morgan fingerprint density at radius 1 is 0.475 bits per heavy atom. The Kier molecular flexibility index (Phi) is 30.1. The number of hydrogen-bond donors (Lipinski definition) is 0. The van der Waals surface area contributed by atoms with Gasteiger partial charge in [-0.1, -0.05) is 143 Å². The summed E-state index contributed by atoms with van der Waals surface area (Å²) >= 11 is 0. The predicted octanol–water partition coefficient (Wildman–Crippen LogP) is 11.7. The fourth-order valence-electron chi connectivity index (χ4n) is 5.42. The van der Waals surface area contributed by atoms with Gasteiger partial charge in [-0.2, -0.15) is 0 Å². The van der Waals surface area contributed by atoms with Gasteiger partial charge >= 0.3 is 11.9 Å². The molecule has 238 valence electrons. The summed E-state index contributed by atoms with van der Waals surface area (Å²) in [5, 5.41) is 0. The van der Waals surface area contributed by atoms with Crippen LogP contribution < -0.4 is 0 Å². The van der Waals surface area contributed by atoms with E-state index < -0.39 is 0 Å². The zero-order valence-corrected chi connectivity index (χ0v) is 27.6. The minimum atomic E-state index is -0.0300. The zero-order chi connectivity index (χ0) is 29.5. The van der Waals surface area contributed by atoms with Crippen molar-refractivity contribution < 1.29 is 19.1 Å². The van der Waals surface area contributed by atoms with E-state index in [1.54, 1.807) is 0 Å². The minimum absolute atomic E-state index is 0.0139. The highest BCUT2D eigenvalue weighted by atomic mass is 16.5. The topological polar surface area (TPSA) is 52.6 Å². The molecular weight excluding hydrogens is 496 g/mol. The molecule has 0 spiro atoms. The Balaban J connectivity index is 4.14. The summed E-state index contributed by atoms with van der Waals surface area (Å²) < 4.78 is 11.5. The van der Waals surface area contributed by atoms with E-state index >= 15 is 0 Å². The maximum Gasteiger partial charge on any atom is 0.306 e. The van der Waals surface area contributed by atoms with Crippen LogP contribution in [0.1, 0.15) is 201 Å². The van der Waals surface area contributed by atoms with E-state index in [2.05, 4.69) is 27.7 Å². The molecule has 2 unspecified atom stereocenters. The second kappa shape index (κ2) is 30.9. The van der Waals surface area contributed by atoms with Crippen LogP contribution in [0.5, 0.6) is 0 Å². The van der Waals surface area contributed by atoms with Crippen molar-refractivity contribution in [2.45, 2.75) is 207 Å². The number of unbranched alkanes of at least 4 members (excludes halogenated alkanes) is 17. The van der Waals surface area contributed by atoms with Crippen molar-refractivity contribution in [3.05, 3.63) is 0 Å². The number of hydrogen-bond acceptors (Lipinski definition) is 4. The first-order valence-corrected chi connectivity index (χ1v) is 17.9. The Bertz CT molecular complexity index is 547. The molecule has 0 N–H and O–H groups in total. The fourth-order valence-corrected chi connectivity index (χ4v) is 5.42. The van der Waals surface area contributed by atoms with E-state index in [1.165, 1.54) is 89.9 Å². The maximum absolute atomic E-state index is 12.5. The first kappa shape index (κ1) is 38.9. The van der Waals surface area contributed by atoms with Gasteiger partial charge in [0.2, 0.25) is 0 Å². The normalized spacial score (nSPS) is 12.8. The molecule has 0 aromatic rings. The molecule has 2 atom stereocenters. The first-order chi connectivity index (χ1) is 19.6. The second-order valence-electron chi connectivity index (χ2n) is 12.3. The molecule has 0 fully saturated rings. The smallest absolute Gasteiger partial charge is 0.306 e. The molecule has 0 aromatic heterocycles. The van der Waals surface area contributed by atoms with Crippen LogP contribution in [0.3, 0.4) is 0 Å². The summed E-state index contributed by atoms with van der Waals surface area (Å²) in [6.45, 7) is 9.49. The van der Waals surface area contributed by atoms with Crippen LogP contribution in [0, 0.1) is 5.92 Å². The Morgan fingerprint density at radius 2 is 0.900 bits per heavy atom. The standard InChI is InChI=1S/C36H70O4/c1-5-9-12-14-16-19-23-28-34(40-36(38)31-26-21-17-15-13-10-6-2)29-24-20-18-22-25-30-35(37)39-32-33(8-4)27-11-7-3/h33-34H,5-32H2,1-4H3. The lowest BCUT2D eigenvalue weighted by molar-refractivity contribution is -0.150. The van der Waals surface area contributed by atoms with Crippen molar-refractivity contribution in [3.63, 3.8) is 0 Å². The molecule has 0 bridgehead atoms. The van der Waals surface area contributed by atoms with Gasteiger partial charge in [0.25, 0.3) is 0 Å². The van der Waals surface area contributed by atoms with Crippen LogP contribution >= 0.6 is 0 Å². The van der Waals surface area contributed by atoms with Gasteiger partial charge in [0.1, 0.15) is 6.10 Å². The van der Waals surface area contributed by atoms with E-state index in [-0.39, 0.29) is 18.0 Å². The molecule has 0 aliphatic carbocycles. The second-order valence-corrected chi connectivity index (χ2v) is 12.3. The molecule has 0 aliphatic heterocycles. The largest absolute Gasteiger partial charge is 0.465 e. The first-order valence-electron chi connectivity index (χ1n) is 17.9. The van der Waals surface area contributed by atoms with Crippen molar-refractivity contribution in [2.75, 3.05) is 6.61 Å². The molecule has 0 heterocycles. The third-order valence-electron chi connectivity index (χ3n) is 8.34. The highest BCUT2D eigenvalue weighted by Crippen LogP contribution is 2.19. The molecule has 0 saturated carbocycles. The lowest BCUT2D eigenvalue weighted by atomic mass is 10.0. The van der Waals surface area contributed by atoms with Crippen LogP contribution in [-0.2, 0) is 19.1 Å². The van der Waals surface area contributed by atoms with Crippen molar-refractivity contribution >= 4 is 11.9 Å². The Labute approximate surface area is 250 Å². The molecule has 0 rings (SSSR count). The van der Waals surface area contributed by atoms with Gasteiger partial charge in [-0.25, -0.2) is 0 Å². The summed E-state index contributed by atoms with van der Waals surface area (Å²) in [5.74, 6) is 0.500. The number of esters is 2. The highest BCUT2D eigenvalue weighted by molar-refractivity contribution is 5.69. The monoisotopic (exact) mass is 567 g/mol. The molecule has 0 aromatic carbocycles. The molecule has 0 saturated heterocycles. The summed E-state index contributed by atoms with van der Waals surface area (Å²) in [6.07, 6.45) is 30.9. The number of carbonyl (C=O) groups is 2. The minimum Gasteiger partial charge on any atom is -0.465 e. The van der Waals surface area contributed by atoms with Crippen LogP contribution in [0.15, 0.2) is 0 Å². The average Bonchev–Trinajstić information content (AvgIpc) is 2.95. The third-order valence-corrected chi connectivity index (χ3v) is 8.34. The summed E-state index contributed by atoms with van der Waals surface area (Å²) in [4.78, 5) is 24.6. The zero-order valence-electron chi connectivity index (χ0n) is 27.6. The van der Waals surface area contributed by atoms with E-state index in [0.717, 1.165) is 70.6 Å². The van der Waals surface area contributed by atoms with Crippen molar-refractivity contribution in [1.29, 1.82) is 0 Å². The van der Waals surface area contributed by atoms with Gasteiger partial charge < -0.3 is 9.47 Å². The molecule has 40 heavy (non-hydrogen) atoms. The van der Waals surface area contributed by atoms with Gasteiger partial charge in [0.15, 0.2) is 0 Å². The van der Waals surface area contributed by atoms with Crippen LogP contribution in [0.25, 0.3) is 0 Å². The van der Waals surface area contributed by atoms with Gasteiger partial charge in [0.05, 0.1) is 6.61 Å². The van der Waals surface area contributed by atoms with Crippen LogP contribution in [0.2, 0.25) is 0 Å². The molecule has 0 aliphatic rings. The van der Waals surface area contributed by atoms with E-state index in [1.807, 2.05) is 0 Å². The van der Waals surface area contributed by atoms with Crippen molar-refractivity contribution in [2.24, 2.45) is 5.92 Å². The molecule has 4 nitrogen and oxygen atoms in total. The van der Waals surface area contributed by atoms with Crippen LogP contribution in [-0.4, -0.2) is 24.6 Å². The number of carbonyl (C=O) groups excluding carboxylic acids is 2. The lowest BCUT2D eigenvalue weighted by Gasteiger charge is -2.18. The van der Waals surface area contributed by atoms with Gasteiger partial charge in [0, 0.05) is 12.8 Å². The Morgan fingerprint density at radius 3 is 1.38 bits per heavy atom. The van der Waals surface area contributed by atoms with Crippen molar-refractivity contribution in [1.82, 2.24) is 0 Å². The number of ether oxygens (including phenoxy) is 2. The summed E-state index contributed by atoms with van der Waals surface area (Å²) in [7, 11) is 0. The maximum atomic E-state index is 12.5. The number of rotatable bonds is 31. The van der Waals surface area contributed by atoms with E-state index in [4.69, 9.17) is 9.47 Å². The third kappa shape index (κ3) is 27.1. The van der Waals surface area contributed by atoms with E-state index in [0.29, 0.717) is 25.4 Å².